The van der Waals surface area contributed by atoms with Crippen LogP contribution in [0.25, 0.3) is 0 Å². The van der Waals surface area contributed by atoms with Crippen LogP contribution in [0.15, 0.2) is 0 Å². The van der Waals surface area contributed by atoms with Gasteiger partial charge in [0.15, 0.2) is 0 Å². The SMILES string of the molecule is Nc1nc2c(c(CC(=O)O)n1)CCNCC2. The van der Waals surface area contributed by atoms with E-state index in [0.29, 0.717) is 5.69 Å². The summed E-state index contributed by atoms with van der Waals surface area (Å²) < 4.78 is 0. The lowest BCUT2D eigenvalue weighted by atomic mass is 10.0. The van der Waals surface area contributed by atoms with Crippen molar-refractivity contribution in [2.45, 2.75) is 19.3 Å². The summed E-state index contributed by atoms with van der Waals surface area (Å²) in [5.74, 6) is -0.727. The third kappa shape index (κ3) is 2.27. The molecule has 0 saturated heterocycles. The van der Waals surface area contributed by atoms with E-state index in [0.717, 1.165) is 37.2 Å². The molecule has 86 valence electrons. The molecule has 16 heavy (non-hydrogen) atoms. The van der Waals surface area contributed by atoms with Crippen LogP contribution in [0.1, 0.15) is 17.0 Å². The summed E-state index contributed by atoms with van der Waals surface area (Å²) in [6.07, 6.45) is 1.45. The molecule has 0 amide bonds. The van der Waals surface area contributed by atoms with Crippen LogP contribution in [0.5, 0.6) is 0 Å². The Kier molecular flexibility index (Phi) is 3.00. The normalized spacial score (nSPS) is 15.2. The van der Waals surface area contributed by atoms with E-state index in [4.69, 9.17) is 10.8 Å². The van der Waals surface area contributed by atoms with Crippen molar-refractivity contribution in [1.82, 2.24) is 15.3 Å². The van der Waals surface area contributed by atoms with Crippen LogP contribution < -0.4 is 11.1 Å². The van der Waals surface area contributed by atoms with Gasteiger partial charge in [0.1, 0.15) is 0 Å². The van der Waals surface area contributed by atoms with Crippen LogP contribution in [0.4, 0.5) is 5.95 Å². The van der Waals surface area contributed by atoms with E-state index in [-0.39, 0.29) is 12.4 Å². The molecule has 2 rings (SSSR count). The number of hydrogen-bond acceptors (Lipinski definition) is 5. The fourth-order valence-corrected chi connectivity index (χ4v) is 1.93. The Morgan fingerprint density at radius 3 is 2.88 bits per heavy atom. The molecule has 1 aromatic rings. The molecule has 0 aromatic carbocycles. The van der Waals surface area contributed by atoms with E-state index < -0.39 is 5.97 Å². The molecule has 0 radical (unpaired) electrons. The first kappa shape index (κ1) is 10.8. The third-order valence-electron chi connectivity index (χ3n) is 2.60. The van der Waals surface area contributed by atoms with E-state index in [1.54, 1.807) is 0 Å². The minimum atomic E-state index is -0.891. The van der Waals surface area contributed by atoms with Gasteiger partial charge in [0.2, 0.25) is 5.95 Å². The zero-order valence-corrected chi connectivity index (χ0v) is 8.86. The number of rotatable bonds is 2. The Bertz CT molecular complexity index is 420. The highest BCUT2D eigenvalue weighted by molar-refractivity contribution is 5.70. The number of carboxylic acids is 1. The fourth-order valence-electron chi connectivity index (χ4n) is 1.93. The minimum absolute atomic E-state index is 0.0882. The summed E-state index contributed by atoms with van der Waals surface area (Å²) in [6, 6.07) is 0. The number of nitrogens with two attached hydrogens (primary N) is 1. The number of nitrogens with zero attached hydrogens (tertiary/aromatic N) is 2. The Balaban J connectivity index is 2.42. The van der Waals surface area contributed by atoms with E-state index in [1.165, 1.54) is 0 Å². The highest BCUT2D eigenvalue weighted by atomic mass is 16.4. The zero-order chi connectivity index (χ0) is 11.5. The van der Waals surface area contributed by atoms with E-state index in [1.807, 2.05) is 0 Å². The van der Waals surface area contributed by atoms with Crippen molar-refractivity contribution in [2.75, 3.05) is 18.8 Å². The molecule has 0 bridgehead atoms. The molecule has 6 nitrogen and oxygen atoms in total. The monoisotopic (exact) mass is 222 g/mol. The molecule has 1 aliphatic rings. The molecule has 2 heterocycles. The second kappa shape index (κ2) is 4.44. The Hall–Kier alpha value is -1.69. The van der Waals surface area contributed by atoms with Crippen molar-refractivity contribution in [3.63, 3.8) is 0 Å². The van der Waals surface area contributed by atoms with Gasteiger partial charge < -0.3 is 16.2 Å². The largest absolute Gasteiger partial charge is 0.481 e. The van der Waals surface area contributed by atoms with Gasteiger partial charge in [-0.25, -0.2) is 9.97 Å². The van der Waals surface area contributed by atoms with E-state index in [9.17, 15) is 4.79 Å². The fraction of sp³-hybridized carbons (Fsp3) is 0.500. The average Bonchev–Trinajstić information content (AvgIpc) is 2.41. The molecule has 1 aliphatic heterocycles. The maximum atomic E-state index is 10.7. The minimum Gasteiger partial charge on any atom is -0.481 e. The van der Waals surface area contributed by atoms with Crippen molar-refractivity contribution in [1.29, 1.82) is 0 Å². The predicted octanol–water partition coefficient (Wildman–Crippen LogP) is -0.626. The molecule has 0 saturated carbocycles. The molecule has 0 aliphatic carbocycles. The van der Waals surface area contributed by atoms with Gasteiger partial charge in [-0.2, -0.15) is 0 Å². The molecule has 6 heteroatoms. The smallest absolute Gasteiger partial charge is 0.309 e. The first-order chi connectivity index (χ1) is 7.66. The van der Waals surface area contributed by atoms with Gasteiger partial charge in [-0.05, 0) is 18.5 Å². The van der Waals surface area contributed by atoms with Gasteiger partial charge in [-0.3, -0.25) is 4.79 Å². The summed E-state index contributed by atoms with van der Waals surface area (Å²) in [5.41, 5.74) is 7.96. The number of fused-ring (bicyclic) bond motifs is 1. The molecule has 0 unspecified atom stereocenters. The summed E-state index contributed by atoms with van der Waals surface area (Å²) in [5, 5.41) is 12.1. The highest BCUT2D eigenvalue weighted by Gasteiger charge is 2.17. The summed E-state index contributed by atoms with van der Waals surface area (Å²) in [6.45, 7) is 1.67. The van der Waals surface area contributed by atoms with Crippen LogP contribution >= 0.6 is 0 Å². The van der Waals surface area contributed by atoms with Crippen molar-refractivity contribution in [3.05, 3.63) is 17.0 Å². The Morgan fingerprint density at radius 2 is 2.12 bits per heavy atom. The van der Waals surface area contributed by atoms with Crippen LogP contribution in [-0.4, -0.2) is 34.1 Å². The zero-order valence-electron chi connectivity index (χ0n) is 8.86. The second-order valence-electron chi connectivity index (χ2n) is 3.77. The molecule has 4 N–H and O–H groups in total. The Morgan fingerprint density at radius 1 is 1.38 bits per heavy atom. The van der Waals surface area contributed by atoms with Crippen molar-refractivity contribution >= 4 is 11.9 Å². The van der Waals surface area contributed by atoms with Crippen molar-refractivity contribution < 1.29 is 9.90 Å². The van der Waals surface area contributed by atoms with E-state index in [2.05, 4.69) is 15.3 Å². The number of hydrogen-bond donors (Lipinski definition) is 3. The van der Waals surface area contributed by atoms with Gasteiger partial charge >= 0.3 is 5.97 Å². The topological polar surface area (TPSA) is 101 Å². The Labute approximate surface area is 92.9 Å². The summed E-state index contributed by atoms with van der Waals surface area (Å²) >= 11 is 0. The quantitative estimate of drug-likeness (QED) is 0.616. The number of carboxylic acid groups (broad SMARTS) is 1. The highest BCUT2D eigenvalue weighted by Crippen LogP contribution is 2.16. The molecular formula is C10H14N4O2. The number of nitrogen functional groups attached to an aromatic ring is 1. The van der Waals surface area contributed by atoms with Gasteiger partial charge in [-0.15, -0.1) is 0 Å². The third-order valence-corrected chi connectivity index (χ3v) is 2.60. The van der Waals surface area contributed by atoms with E-state index >= 15 is 0 Å². The van der Waals surface area contributed by atoms with Crippen LogP contribution in [-0.2, 0) is 24.1 Å². The van der Waals surface area contributed by atoms with Crippen LogP contribution in [0.3, 0.4) is 0 Å². The number of anilines is 1. The standard InChI is InChI=1S/C10H14N4O2/c11-10-13-7-2-4-12-3-1-6(7)8(14-10)5-9(15)16/h12H,1-5H2,(H,15,16)(H2,11,13,14). The summed E-state index contributed by atoms with van der Waals surface area (Å²) in [7, 11) is 0. The van der Waals surface area contributed by atoms with Crippen LogP contribution in [0, 0.1) is 0 Å². The first-order valence-corrected chi connectivity index (χ1v) is 5.23. The summed E-state index contributed by atoms with van der Waals surface area (Å²) in [4.78, 5) is 18.9. The van der Waals surface area contributed by atoms with Crippen molar-refractivity contribution in [3.8, 4) is 0 Å². The lowest BCUT2D eigenvalue weighted by Crippen LogP contribution is -2.16. The number of aromatic nitrogens is 2. The molecule has 0 fully saturated rings. The maximum Gasteiger partial charge on any atom is 0.309 e. The van der Waals surface area contributed by atoms with Gasteiger partial charge in [0.25, 0.3) is 0 Å². The number of nitrogens with one attached hydrogen (secondary N) is 1. The number of aliphatic carboxylic acids is 1. The first-order valence-electron chi connectivity index (χ1n) is 5.23. The van der Waals surface area contributed by atoms with Crippen LogP contribution in [0.2, 0.25) is 0 Å². The van der Waals surface area contributed by atoms with Gasteiger partial charge in [0.05, 0.1) is 17.8 Å². The lowest BCUT2D eigenvalue weighted by molar-refractivity contribution is -0.136. The molecular weight excluding hydrogens is 208 g/mol. The molecule has 0 spiro atoms. The van der Waals surface area contributed by atoms with Gasteiger partial charge in [-0.1, -0.05) is 0 Å². The average molecular weight is 222 g/mol. The predicted molar refractivity (Wildman–Crippen MR) is 58.1 cm³/mol. The number of carbonyl (C=O) groups is 1. The molecule has 0 atom stereocenters. The molecule has 1 aromatic heterocycles. The van der Waals surface area contributed by atoms with Crippen molar-refractivity contribution in [2.24, 2.45) is 0 Å². The lowest BCUT2D eigenvalue weighted by Gasteiger charge is -2.09. The second-order valence-corrected chi connectivity index (χ2v) is 3.77. The maximum absolute atomic E-state index is 10.7. The van der Waals surface area contributed by atoms with Gasteiger partial charge in [0, 0.05) is 13.0 Å².